The number of hydrogen-bond donors (Lipinski definition) is 2. The molecule has 0 aliphatic heterocycles. The molecule has 0 spiro atoms. The van der Waals surface area contributed by atoms with Crippen molar-refractivity contribution in [1.29, 1.82) is 0 Å². The van der Waals surface area contributed by atoms with Crippen molar-refractivity contribution in [3.05, 3.63) is 0 Å². The van der Waals surface area contributed by atoms with E-state index < -0.39 is 5.97 Å². The van der Waals surface area contributed by atoms with Crippen molar-refractivity contribution in [1.82, 2.24) is 0 Å². The Morgan fingerprint density at radius 3 is 2.42 bits per heavy atom. The highest BCUT2D eigenvalue weighted by Crippen LogP contribution is 2.47. The summed E-state index contributed by atoms with van der Waals surface area (Å²) in [5, 5.41) is 8.96. The second-order valence-electron chi connectivity index (χ2n) is 7.37. The Bertz CT molecular complexity index is 320. The van der Waals surface area contributed by atoms with Crippen LogP contribution in [0.2, 0.25) is 0 Å². The average Bonchev–Trinajstić information content (AvgIpc) is 2.92. The van der Waals surface area contributed by atoms with E-state index in [0.29, 0.717) is 18.4 Å². The molecular formula is C15H29NO3. The molecule has 1 saturated carbocycles. The van der Waals surface area contributed by atoms with Crippen molar-refractivity contribution in [3.8, 4) is 0 Å². The van der Waals surface area contributed by atoms with Crippen LogP contribution in [0.1, 0.15) is 53.9 Å². The summed E-state index contributed by atoms with van der Waals surface area (Å²) in [4.78, 5) is 10.9. The van der Waals surface area contributed by atoms with Gasteiger partial charge in [-0.25, -0.2) is 0 Å². The van der Waals surface area contributed by atoms with Gasteiger partial charge in [0.15, 0.2) is 0 Å². The van der Waals surface area contributed by atoms with Gasteiger partial charge in [-0.1, -0.05) is 6.92 Å². The van der Waals surface area contributed by atoms with Crippen LogP contribution in [0, 0.1) is 17.8 Å². The van der Waals surface area contributed by atoms with Crippen molar-refractivity contribution in [2.75, 3.05) is 6.61 Å². The van der Waals surface area contributed by atoms with Crippen molar-refractivity contribution in [2.45, 2.75) is 65.0 Å². The van der Waals surface area contributed by atoms with Crippen molar-refractivity contribution < 1.29 is 14.6 Å². The van der Waals surface area contributed by atoms with Crippen LogP contribution in [0.15, 0.2) is 0 Å². The van der Waals surface area contributed by atoms with Gasteiger partial charge in [-0.2, -0.15) is 0 Å². The standard InChI is InChI=1S/C15H29NO3/c1-10(11-8-12(11)13(17)18)9-15(4,5)19-7-6-14(2,3)16/h10-12H,6-9,16H2,1-5H3,(H,17,18). The molecule has 4 heteroatoms. The molecule has 1 rings (SSSR count). The van der Waals surface area contributed by atoms with Crippen LogP contribution >= 0.6 is 0 Å². The maximum Gasteiger partial charge on any atom is 0.306 e. The Morgan fingerprint density at radius 2 is 2.00 bits per heavy atom. The van der Waals surface area contributed by atoms with Crippen LogP contribution < -0.4 is 5.73 Å². The first-order chi connectivity index (χ1) is 8.52. The van der Waals surface area contributed by atoms with Gasteiger partial charge < -0.3 is 15.6 Å². The molecule has 4 nitrogen and oxygen atoms in total. The summed E-state index contributed by atoms with van der Waals surface area (Å²) in [5.41, 5.74) is 5.52. The maximum atomic E-state index is 10.9. The number of nitrogens with two attached hydrogens (primary N) is 1. The normalized spacial score (nSPS) is 25.2. The first kappa shape index (κ1) is 16.4. The maximum absolute atomic E-state index is 10.9. The highest BCUT2D eigenvalue weighted by Gasteiger charge is 2.47. The van der Waals surface area contributed by atoms with Gasteiger partial charge in [0.2, 0.25) is 0 Å². The lowest BCUT2D eigenvalue weighted by molar-refractivity contribution is -0.139. The van der Waals surface area contributed by atoms with Crippen molar-refractivity contribution in [2.24, 2.45) is 23.5 Å². The fourth-order valence-corrected chi connectivity index (χ4v) is 2.70. The van der Waals surface area contributed by atoms with E-state index >= 15 is 0 Å². The molecule has 0 radical (unpaired) electrons. The number of carboxylic acid groups (broad SMARTS) is 1. The monoisotopic (exact) mass is 271 g/mol. The zero-order chi connectivity index (χ0) is 14.8. The molecule has 0 aromatic heterocycles. The minimum Gasteiger partial charge on any atom is -0.481 e. The van der Waals surface area contributed by atoms with Gasteiger partial charge in [-0.15, -0.1) is 0 Å². The van der Waals surface area contributed by atoms with Crippen LogP contribution in [0.5, 0.6) is 0 Å². The van der Waals surface area contributed by atoms with Crippen LogP contribution in [0.3, 0.4) is 0 Å². The van der Waals surface area contributed by atoms with Crippen LogP contribution in [0.4, 0.5) is 0 Å². The number of ether oxygens (including phenoxy) is 1. The summed E-state index contributed by atoms with van der Waals surface area (Å²) >= 11 is 0. The fraction of sp³-hybridized carbons (Fsp3) is 0.933. The molecule has 1 fully saturated rings. The summed E-state index contributed by atoms with van der Waals surface area (Å²) in [6, 6.07) is 0. The minimum atomic E-state index is -0.652. The third-order valence-corrected chi connectivity index (χ3v) is 3.94. The molecule has 1 aliphatic carbocycles. The lowest BCUT2D eigenvalue weighted by atomic mass is 9.90. The molecule has 3 unspecified atom stereocenters. The molecule has 0 bridgehead atoms. The first-order valence-corrected chi connectivity index (χ1v) is 7.17. The average molecular weight is 271 g/mol. The van der Waals surface area contributed by atoms with Gasteiger partial charge in [-0.3, -0.25) is 4.79 Å². The Kier molecular flexibility index (Phi) is 5.02. The Hall–Kier alpha value is -0.610. The lowest BCUT2D eigenvalue weighted by Gasteiger charge is -2.30. The van der Waals surface area contributed by atoms with Gasteiger partial charge in [0.1, 0.15) is 0 Å². The van der Waals surface area contributed by atoms with E-state index in [2.05, 4.69) is 20.8 Å². The zero-order valence-corrected chi connectivity index (χ0v) is 12.9. The smallest absolute Gasteiger partial charge is 0.306 e. The molecule has 19 heavy (non-hydrogen) atoms. The third kappa shape index (κ3) is 5.91. The highest BCUT2D eigenvalue weighted by molar-refractivity contribution is 5.73. The predicted molar refractivity (Wildman–Crippen MR) is 75.9 cm³/mol. The largest absolute Gasteiger partial charge is 0.481 e. The van der Waals surface area contributed by atoms with E-state index in [1.807, 2.05) is 13.8 Å². The van der Waals surface area contributed by atoms with E-state index in [-0.39, 0.29) is 17.1 Å². The summed E-state index contributed by atoms with van der Waals surface area (Å²) < 4.78 is 5.92. The summed E-state index contributed by atoms with van der Waals surface area (Å²) in [6.07, 6.45) is 2.54. The Labute approximate surface area is 116 Å². The minimum absolute atomic E-state index is 0.131. The second-order valence-corrected chi connectivity index (χ2v) is 7.37. The SMILES string of the molecule is CC(CC(C)(C)OCCC(C)(C)N)C1CC1C(=O)O. The van der Waals surface area contributed by atoms with E-state index in [1.165, 1.54) is 0 Å². The van der Waals surface area contributed by atoms with Gasteiger partial charge in [0.25, 0.3) is 0 Å². The fourth-order valence-electron chi connectivity index (χ4n) is 2.70. The molecule has 0 saturated heterocycles. The summed E-state index contributed by atoms with van der Waals surface area (Å²) in [5.74, 6) is -0.0671. The predicted octanol–water partition coefficient (Wildman–Crippen LogP) is 2.66. The number of hydrogen-bond acceptors (Lipinski definition) is 3. The van der Waals surface area contributed by atoms with E-state index in [0.717, 1.165) is 19.3 Å². The molecular weight excluding hydrogens is 242 g/mol. The molecule has 112 valence electrons. The van der Waals surface area contributed by atoms with Crippen molar-refractivity contribution >= 4 is 5.97 Å². The van der Waals surface area contributed by atoms with Gasteiger partial charge in [0.05, 0.1) is 11.5 Å². The van der Waals surface area contributed by atoms with Crippen molar-refractivity contribution in [3.63, 3.8) is 0 Å². The number of carboxylic acids is 1. The van der Waals surface area contributed by atoms with Crippen LogP contribution in [-0.4, -0.2) is 28.8 Å². The van der Waals surface area contributed by atoms with Crippen LogP contribution in [-0.2, 0) is 9.53 Å². The molecule has 0 amide bonds. The van der Waals surface area contributed by atoms with Gasteiger partial charge >= 0.3 is 5.97 Å². The lowest BCUT2D eigenvalue weighted by Crippen LogP contribution is -2.36. The zero-order valence-electron chi connectivity index (χ0n) is 12.9. The number of aliphatic carboxylic acids is 1. The van der Waals surface area contributed by atoms with Gasteiger partial charge in [0, 0.05) is 12.1 Å². The number of carbonyl (C=O) groups is 1. The molecule has 0 heterocycles. The molecule has 3 atom stereocenters. The summed E-state index contributed by atoms with van der Waals surface area (Å²) in [7, 11) is 0. The van der Waals surface area contributed by atoms with E-state index in [4.69, 9.17) is 15.6 Å². The summed E-state index contributed by atoms with van der Waals surface area (Å²) in [6.45, 7) is 10.9. The third-order valence-electron chi connectivity index (χ3n) is 3.94. The Morgan fingerprint density at radius 1 is 1.42 bits per heavy atom. The van der Waals surface area contributed by atoms with Gasteiger partial charge in [-0.05, 0) is 58.8 Å². The van der Waals surface area contributed by atoms with E-state index in [1.54, 1.807) is 0 Å². The Balaban J connectivity index is 2.32. The first-order valence-electron chi connectivity index (χ1n) is 7.17. The topological polar surface area (TPSA) is 72.5 Å². The molecule has 1 aliphatic rings. The molecule has 3 N–H and O–H groups in total. The number of rotatable bonds is 8. The van der Waals surface area contributed by atoms with Crippen LogP contribution in [0.25, 0.3) is 0 Å². The highest BCUT2D eigenvalue weighted by atomic mass is 16.5. The quantitative estimate of drug-likeness (QED) is 0.712. The second kappa shape index (κ2) is 5.80. The van der Waals surface area contributed by atoms with E-state index in [9.17, 15) is 4.79 Å². The molecule has 0 aromatic rings. The molecule has 0 aromatic carbocycles.